The van der Waals surface area contributed by atoms with Gasteiger partial charge in [-0.15, -0.1) is 0 Å². The van der Waals surface area contributed by atoms with Crippen molar-refractivity contribution in [2.24, 2.45) is 0 Å². The van der Waals surface area contributed by atoms with Crippen LogP contribution >= 0.6 is 15.9 Å². The fourth-order valence-corrected chi connectivity index (χ4v) is 2.40. The van der Waals surface area contributed by atoms with Gasteiger partial charge in [-0.3, -0.25) is 4.79 Å². The smallest absolute Gasteiger partial charge is 0.355 e. The van der Waals surface area contributed by atoms with Gasteiger partial charge < -0.3 is 15.0 Å². The lowest BCUT2D eigenvalue weighted by Gasteiger charge is -2.17. The van der Waals surface area contributed by atoms with E-state index in [9.17, 15) is 9.59 Å². The van der Waals surface area contributed by atoms with E-state index in [0.29, 0.717) is 11.3 Å². The van der Waals surface area contributed by atoms with Crippen molar-refractivity contribution in [3.05, 3.63) is 58.3 Å². The third kappa shape index (κ3) is 3.57. The number of hydrogen-bond donors (Lipinski definition) is 2. The van der Waals surface area contributed by atoms with Gasteiger partial charge >= 0.3 is 5.97 Å². The maximum Gasteiger partial charge on any atom is 0.355 e. The summed E-state index contributed by atoms with van der Waals surface area (Å²) in [4.78, 5) is 27.4. The van der Waals surface area contributed by atoms with Crippen molar-refractivity contribution < 1.29 is 14.3 Å². The largest absolute Gasteiger partial charge is 0.443 e. The van der Waals surface area contributed by atoms with E-state index in [1.165, 1.54) is 0 Å². The van der Waals surface area contributed by atoms with Gasteiger partial charge in [-0.1, -0.05) is 30.3 Å². The molecular weight excluding hydrogens is 348 g/mol. The van der Waals surface area contributed by atoms with Crippen LogP contribution in [0.1, 0.15) is 35.0 Å². The Kier molecular flexibility index (Phi) is 4.29. The average molecular weight is 363 g/mol. The lowest BCUT2D eigenvalue weighted by atomic mass is 10.1. The molecule has 1 aromatic heterocycles. The maximum atomic E-state index is 12.4. The molecular formula is C16H15BrN2O3. The van der Waals surface area contributed by atoms with Crippen LogP contribution in [-0.4, -0.2) is 22.9 Å². The normalized spacial score (nSPS) is 15.1. The Morgan fingerprint density at radius 2 is 2.00 bits per heavy atom. The molecule has 0 bridgehead atoms. The first-order chi connectivity index (χ1) is 10.6. The van der Waals surface area contributed by atoms with E-state index in [0.717, 1.165) is 17.3 Å². The number of carbonyl (C=O) groups is 2. The molecule has 1 heterocycles. The summed E-state index contributed by atoms with van der Waals surface area (Å²) in [5.74, 6) is -0.849. The average Bonchev–Trinajstić information content (AvgIpc) is 3.23. The minimum absolute atomic E-state index is 0.206. The fraction of sp³-hybridized carbons (Fsp3) is 0.250. The number of carbonyl (C=O) groups excluding carboxylic acids is 2. The monoisotopic (exact) mass is 362 g/mol. The van der Waals surface area contributed by atoms with E-state index in [-0.39, 0.29) is 11.9 Å². The number of aromatic amines is 1. The molecule has 0 radical (unpaired) electrons. The summed E-state index contributed by atoms with van der Waals surface area (Å²) >= 11 is 3.26. The van der Waals surface area contributed by atoms with Crippen LogP contribution in [0.15, 0.2) is 47.1 Å². The highest BCUT2D eigenvalue weighted by molar-refractivity contribution is 9.10. The quantitative estimate of drug-likeness (QED) is 0.803. The van der Waals surface area contributed by atoms with Gasteiger partial charge in [0.1, 0.15) is 5.69 Å². The second kappa shape index (κ2) is 6.36. The minimum atomic E-state index is -0.948. The van der Waals surface area contributed by atoms with Crippen molar-refractivity contribution in [2.75, 3.05) is 0 Å². The summed E-state index contributed by atoms with van der Waals surface area (Å²) in [6, 6.07) is 10.8. The molecule has 1 atom stereocenters. The molecule has 1 amide bonds. The lowest BCUT2D eigenvalue weighted by molar-refractivity contribution is -0.130. The molecule has 0 aliphatic heterocycles. The Morgan fingerprint density at radius 1 is 1.27 bits per heavy atom. The summed E-state index contributed by atoms with van der Waals surface area (Å²) < 4.78 is 6.17. The number of amides is 1. The van der Waals surface area contributed by atoms with Crippen LogP contribution in [0.25, 0.3) is 0 Å². The molecule has 1 aliphatic carbocycles. The van der Waals surface area contributed by atoms with Gasteiger partial charge in [-0.2, -0.15) is 0 Å². The van der Waals surface area contributed by atoms with Crippen molar-refractivity contribution in [3.63, 3.8) is 0 Å². The molecule has 0 saturated heterocycles. The number of aromatic nitrogens is 1. The lowest BCUT2D eigenvalue weighted by Crippen LogP contribution is -2.33. The van der Waals surface area contributed by atoms with Crippen LogP contribution in [-0.2, 0) is 9.53 Å². The van der Waals surface area contributed by atoms with E-state index in [1.807, 2.05) is 18.2 Å². The van der Waals surface area contributed by atoms with E-state index < -0.39 is 12.1 Å². The third-order valence-corrected chi connectivity index (χ3v) is 3.81. The molecule has 2 N–H and O–H groups in total. The topological polar surface area (TPSA) is 71.2 Å². The van der Waals surface area contributed by atoms with Crippen LogP contribution in [0.3, 0.4) is 0 Å². The standard InChI is InChI=1S/C16H15BrN2O3/c17-11-8-13(18-9-11)16(21)22-14(10-4-2-1-3-5-10)15(20)19-12-6-7-12/h1-5,8-9,12,14,18H,6-7H2,(H,19,20). The number of esters is 1. The highest BCUT2D eigenvalue weighted by atomic mass is 79.9. The predicted molar refractivity (Wildman–Crippen MR) is 84.3 cm³/mol. The van der Waals surface area contributed by atoms with Gasteiger partial charge in [-0.05, 0) is 34.8 Å². The number of hydrogen-bond acceptors (Lipinski definition) is 3. The summed E-state index contributed by atoms with van der Waals surface area (Å²) in [5, 5.41) is 2.88. The number of ether oxygens (including phenoxy) is 1. The fourth-order valence-electron chi connectivity index (χ4n) is 2.06. The third-order valence-electron chi connectivity index (χ3n) is 3.36. The van der Waals surface area contributed by atoms with E-state index in [1.54, 1.807) is 24.4 Å². The van der Waals surface area contributed by atoms with Gasteiger partial charge in [0.2, 0.25) is 6.10 Å². The predicted octanol–water partition coefficient (Wildman–Crippen LogP) is 2.95. The van der Waals surface area contributed by atoms with Crippen molar-refractivity contribution in [1.29, 1.82) is 0 Å². The SMILES string of the molecule is O=C(OC(C(=O)NC1CC1)c1ccccc1)c1cc(Br)c[nH]1. The zero-order valence-corrected chi connectivity index (χ0v) is 13.3. The number of halogens is 1. The first-order valence-electron chi connectivity index (χ1n) is 7.03. The van der Waals surface area contributed by atoms with E-state index in [2.05, 4.69) is 26.2 Å². The summed E-state index contributed by atoms with van der Waals surface area (Å²) in [5.41, 5.74) is 0.951. The highest BCUT2D eigenvalue weighted by Crippen LogP contribution is 2.24. The number of H-pyrrole nitrogens is 1. The first-order valence-corrected chi connectivity index (χ1v) is 7.83. The number of nitrogens with one attached hydrogen (secondary N) is 2. The molecule has 1 unspecified atom stereocenters. The molecule has 114 valence electrons. The Hall–Kier alpha value is -2.08. The second-order valence-corrected chi connectivity index (χ2v) is 6.13. The van der Waals surface area contributed by atoms with Gasteiger partial charge in [0.05, 0.1) is 0 Å². The molecule has 1 saturated carbocycles. The van der Waals surface area contributed by atoms with Crippen molar-refractivity contribution in [1.82, 2.24) is 10.3 Å². The van der Waals surface area contributed by atoms with Crippen molar-refractivity contribution in [2.45, 2.75) is 25.0 Å². The van der Waals surface area contributed by atoms with Crippen LogP contribution in [0.4, 0.5) is 0 Å². The van der Waals surface area contributed by atoms with E-state index >= 15 is 0 Å². The maximum absolute atomic E-state index is 12.4. The van der Waals surface area contributed by atoms with Gasteiger partial charge in [0.25, 0.3) is 5.91 Å². The number of benzene rings is 1. The molecule has 1 aromatic carbocycles. The molecule has 1 fully saturated rings. The zero-order valence-electron chi connectivity index (χ0n) is 11.7. The van der Waals surface area contributed by atoms with Gasteiger partial charge in [0.15, 0.2) is 0 Å². The molecule has 22 heavy (non-hydrogen) atoms. The van der Waals surface area contributed by atoms with Crippen LogP contribution in [0.5, 0.6) is 0 Å². The van der Waals surface area contributed by atoms with Crippen LogP contribution in [0.2, 0.25) is 0 Å². The summed E-state index contributed by atoms with van der Waals surface area (Å²) in [7, 11) is 0. The Labute approximate surface area is 136 Å². The van der Waals surface area contributed by atoms with Crippen molar-refractivity contribution in [3.8, 4) is 0 Å². The highest BCUT2D eigenvalue weighted by Gasteiger charge is 2.31. The molecule has 3 rings (SSSR count). The molecule has 1 aliphatic rings. The molecule has 6 heteroatoms. The number of rotatable bonds is 5. The zero-order chi connectivity index (χ0) is 15.5. The Bertz CT molecular complexity index is 680. The van der Waals surface area contributed by atoms with Gasteiger partial charge in [-0.25, -0.2) is 4.79 Å². The summed E-state index contributed by atoms with van der Waals surface area (Å²) in [6.45, 7) is 0. The van der Waals surface area contributed by atoms with E-state index in [4.69, 9.17) is 4.74 Å². The summed E-state index contributed by atoms with van der Waals surface area (Å²) in [6.07, 6.45) is 2.64. The molecule has 2 aromatic rings. The van der Waals surface area contributed by atoms with Crippen LogP contribution < -0.4 is 5.32 Å². The molecule has 0 spiro atoms. The van der Waals surface area contributed by atoms with Gasteiger partial charge in [0, 0.05) is 22.3 Å². The minimum Gasteiger partial charge on any atom is -0.443 e. The Balaban J connectivity index is 1.78. The second-order valence-electron chi connectivity index (χ2n) is 5.21. The first kappa shape index (κ1) is 14.8. The van der Waals surface area contributed by atoms with Crippen LogP contribution in [0, 0.1) is 0 Å². The van der Waals surface area contributed by atoms with Crippen molar-refractivity contribution >= 4 is 27.8 Å². The Morgan fingerprint density at radius 3 is 2.59 bits per heavy atom. The molecule has 5 nitrogen and oxygen atoms in total.